The van der Waals surface area contributed by atoms with Gasteiger partial charge in [0.25, 0.3) is 5.91 Å². The molecule has 25 heavy (non-hydrogen) atoms. The lowest BCUT2D eigenvalue weighted by molar-refractivity contribution is 0.0957. The molecule has 1 aliphatic rings. The second kappa shape index (κ2) is 7.10. The number of anilines is 1. The Hall–Kier alpha value is -2.61. The molecule has 1 aromatic heterocycles. The summed E-state index contributed by atoms with van der Waals surface area (Å²) in [6.07, 6.45) is 0.818. The number of rotatable bonds is 4. The first-order valence-corrected chi connectivity index (χ1v) is 7.97. The summed E-state index contributed by atoms with van der Waals surface area (Å²) in [4.78, 5) is 13.6. The standard InChI is InChI=1S/C17H19F2N5O/c1-20-17(25)14-5-6-15(23-22-14)21-13-7-8-24(2)16(13)10-3-4-11(18)12(19)9-10/h3-6,9,13,16H,7-8H2,1-2H3,(H,20,25)(H,21,23). The molecule has 0 radical (unpaired) electrons. The number of amides is 1. The number of carbonyl (C=O) groups is 1. The van der Waals surface area contributed by atoms with E-state index in [9.17, 15) is 13.6 Å². The van der Waals surface area contributed by atoms with Gasteiger partial charge in [-0.25, -0.2) is 8.78 Å². The van der Waals surface area contributed by atoms with E-state index in [4.69, 9.17) is 0 Å². The predicted octanol–water partition coefficient (Wildman–Crippen LogP) is 1.97. The number of likely N-dealkylation sites (tertiary alicyclic amines) is 1. The van der Waals surface area contributed by atoms with Crippen LogP contribution in [0.2, 0.25) is 0 Å². The lowest BCUT2D eigenvalue weighted by atomic mass is 10.00. The Labute approximate surface area is 144 Å². The van der Waals surface area contributed by atoms with Gasteiger partial charge in [-0.3, -0.25) is 9.69 Å². The molecule has 2 aromatic rings. The molecule has 1 aromatic carbocycles. The molecule has 0 bridgehead atoms. The van der Waals surface area contributed by atoms with Crippen LogP contribution >= 0.6 is 0 Å². The van der Waals surface area contributed by atoms with Crippen LogP contribution in [0.15, 0.2) is 30.3 Å². The van der Waals surface area contributed by atoms with Gasteiger partial charge in [-0.15, -0.1) is 10.2 Å². The molecule has 2 heterocycles. The molecule has 6 nitrogen and oxygen atoms in total. The van der Waals surface area contributed by atoms with Crippen molar-refractivity contribution in [3.63, 3.8) is 0 Å². The van der Waals surface area contributed by atoms with E-state index in [0.717, 1.165) is 19.0 Å². The summed E-state index contributed by atoms with van der Waals surface area (Å²) < 4.78 is 26.8. The monoisotopic (exact) mass is 347 g/mol. The van der Waals surface area contributed by atoms with Gasteiger partial charge < -0.3 is 10.6 Å². The van der Waals surface area contributed by atoms with Crippen LogP contribution in [0, 0.1) is 11.6 Å². The fourth-order valence-corrected chi connectivity index (χ4v) is 3.13. The van der Waals surface area contributed by atoms with Gasteiger partial charge in [0.15, 0.2) is 17.3 Å². The number of hydrogen-bond acceptors (Lipinski definition) is 5. The number of carbonyl (C=O) groups excluding carboxylic acids is 1. The second-order valence-electron chi connectivity index (χ2n) is 6.02. The summed E-state index contributed by atoms with van der Waals surface area (Å²) in [6.45, 7) is 0.811. The Morgan fingerprint density at radius 3 is 2.64 bits per heavy atom. The topological polar surface area (TPSA) is 70.2 Å². The van der Waals surface area contributed by atoms with Crippen molar-refractivity contribution in [3.05, 3.63) is 53.2 Å². The number of nitrogens with zero attached hydrogens (tertiary/aromatic N) is 3. The summed E-state index contributed by atoms with van der Waals surface area (Å²) in [5, 5.41) is 13.7. The zero-order valence-electron chi connectivity index (χ0n) is 14.0. The van der Waals surface area contributed by atoms with Crippen molar-refractivity contribution in [2.24, 2.45) is 0 Å². The minimum Gasteiger partial charge on any atom is -0.364 e. The van der Waals surface area contributed by atoms with E-state index in [1.165, 1.54) is 13.1 Å². The van der Waals surface area contributed by atoms with E-state index in [1.54, 1.807) is 18.2 Å². The average Bonchev–Trinajstić information content (AvgIpc) is 2.98. The molecular formula is C17H19F2N5O. The van der Waals surface area contributed by atoms with Crippen molar-refractivity contribution in [2.75, 3.05) is 26.0 Å². The average molecular weight is 347 g/mol. The van der Waals surface area contributed by atoms with Gasteiger partial charge in [-0.1, -0.05) is 6.07 Å². The van der Waals surface area contributed by atoms with Crippen molar-refractivity contribution >= 4 is 11.7 Å². The molecule has 0 saturated carbocycles. The maximum atomic E-state index is 13.6. The highest BCUT2D eigenvalue weighted by Gasteiger charge is 2.33. The van der Waals surface area contributed by atoms with E-state index in [0.29, 0.717) is 11.4 Å². The lowest BCUT2D eigenvalue weighted by Gasteiger charge is -2.26. The fraction of sp³-hybridized carbons (Fsp3) is 0.353. The Morgan fingerprint density at radius 2 is 2.00 bits per heavy atom. The molecule has 8 heteroatoms. The molecule has 3 rings (SSSR count). The Morgan fingerprint density at radius 1 is 1.20 bits per heavy atom. The van der Waals surface area contributed by atoms with E-state index in [-0.39, 0.29) is 23.7 Å². The SMILES string of the molecule is CNC(=O)c1ccc(NC2CCN(C)C2c2ccc(F)c(F)c2)nn1. The van der Waals surface area contributed by atoms with Crippen LogP contribution in [0.4, 0.5) is 14.6 Å². The van der Waals surface area contributed by atoms with Crippen molar-refractivity contribution in [1.29, 1.82) is 0 Å². The van der Waals surface area contributed by atoms with Crippen LogP contribution in [0.1, 0.15) is 28.5 Å². The highest BCUT2D eigenvalue weighted by atomic mass is 19.2. The Balaban J connectivity index is 1.78. The first-order valence-electron chi connectivity index (χ1n) is 7.97. The van der Waals surface area contributed by atoms with Crippen LogP contribution in [-0.2, 0) is 0 Å². The highest BCUT2D eigenvalue weighted by molar-refractivity contribution is 5.91. The first-order chi connectivity index (χ1) is 12.0. The number of likely N-dealkylation sites (N-methyl/N-ethyl adjacent to an activating group) is 1. The van der Waals surface area contributed by atoms with Gasteiger partial charge in [0.1, 0.15) is 5.82 Å². The summed E-state index contributed by atoms with van der Waals surface area (Å²) in [5.74, 6) is -1.49. The molecule has 1 fully saturated rings. The minimum atomic E-state index is -0.857. The van der Waals surface area contributed by atoms with Gasteiger partial charge in [-0.05, 0) is 43.3 Å². The van der Waals surface area contributed by atoms with Gasteiger partial charge >= 0.3 is 0 Å². The molecule has 1 saturated heterocycles. The number of hydrogen-bond donors (Lipinski definition) is 2. The maximum Gasteiger partial charge on any atom is 0.271 e. The van der Waals surface area contributed by atoms with Crippen LogP contribution in [0.5, 0.6) is 0 Å². The van der Waals surface area contributed by atoms with E-state index in [2.05, 4.69) is 25.7 Å². The van der Waals surface area contributed by atoms with Gasteiger partial charge in [0, 0.05) is 19.6 Å². The van der Waals surface area contributed by atoms with E-state index >= 15 is 0 Å². The number of nitrogens with one attached hydrogen (secondary N) is 2. The van der Waals surface area contributed by atoms with Gasteiger partial charge in [-0.2, -0.15) is 0 Å². The van der Waals surface area contributed by atoms with Crippen molar-refractivity contribution in [3.8, 4) is 0 Å². The maximum absolute atomic E-state index is 13.6. The van der Waals surface area contributed by atoms with Crippen LogP contribution < -0.4 is 10.6 Å². The smallest absolute Gasteiger partial charge is 0.271 e. The summed E-state index contributed by atoms with van der Waals surface area (Å²) >= 11 is 0. The predicted molar refractivity (Wildman–Crippen MR) is 89.2 cm³/mol. The molecule has 1 amide bonds. The molecule has 0 spiro atoms. The van der Waals surface area contributed by atoms with Crippen LogP contribution in [0.25, 0.3) is 0 Å². The van der Waals surface area contributed by atoms with Gasteiger partial charge in [0.2, 0.25) is 0 Å². The minimum absolute atomic E-state index is 0.0324. The molecule has 0 aliphatic carbocycles. The second-order valence-corrected chi connectivity index (χ2v) is 6.02. The van der Waals surface area contributed by atoms with E-state index < -0.39 is 11.6 Å². The summed E-state index contributed by atoms with van der Waals surface area (Å²) in [7, 11) is 3.46. The summed E-state index contributed by atoms with van der Waals surface area (Å²) in [5.41, 5.74) is 0.931. The van der Waals surface area contributed by atoms with E-state index in [1.807, 2.05) is 7.05 Å². The number of halogens is 2. The third-order valence-corrected chi connectivity index (χ3v) is 4.39. The summed E-state index contributed by atoms with van der Waals surface area (Å²) in [6, 6.07) is 7.09. The largest absolute Gasteiger partial charge is 0.364 e. The number of benzene rings is 1. The normalized spacial score (nSPS) is 20.5. The lowest BCUT2D eigenvalue weighted by Crippen LogP contribution is -2.29. The third-order valence-electron chi connectivity index (χ3n) is 4.39. The molecule has 2 unspecified atom stereocenters. The molecule has 2 atom stereocenters. The Kier molecular flexibility index (Phi) is 4.89. The molecule has 132 valence electrons. The molecular weight excluding hydrogens is 328 g/mol. The third kappa shape index (κ3) is 3.58. The zero-order valence-corrected chi connectivity index (χ0v) is 14.0. The zero-order chi connectivity index (χ0) is 18.0. The molecule has 1 aliphatic heterocycles. The fourth-order valence-electron chi connectivity index (χ4n) is 3.13. The van der Waals surface area contributed by atoms with Crippen LogP contribution in [0.3, 0.4) is 0 Å². The first kappa shape index (κ1) is 17.2. The number of aromatic nitrogens is 2. The van der Waals surface area contributed by atoms with Crippen molar-refractivity contribution < 1.29 is 13.6 Å². The quantitative estimate of drug-likeness (QED) is 0.885. The van der Waals surface area contributed by atoms with Crippen LogP contribution in [-0.4, -0.2) is 47.7 Å². The van der Waals surface area contributed by atoms with Crippen molar-refractivity contribution in [1.82, 2.24) is 20.4 Å². The van der Waals surface area contributed by atoms with Crippen molar-refractivity contribution in [2.45, 2.75) is 18.5 Å². The highest BCUT2D eigenvalue weighted by Crippen LogP contribution is 2.33. The molecule has 2 N–H and O–H groups in total. The van der Waals surface area contributed by atoms with Gasteiger partial charge in [0.05, 0.1) is 6.04 Å². The Bertz CT molecular complexity index is 768.